The second-order valence-corrected chi connectivity index (χ2v) is 23.4. The molecule has 5 aliphatic carbocycles. The highest BCUT2D eigenvalue weighted by molar-refractivity contribution is 5.88. The number of esters is 2. The molecule has 0 aromatic carbocycles. The molecule has 1 aliphatic heterocycles. The fourth-order valence-corrected chi connectivity index (χ4v) is 14.5. The van der Waals surface area contributed by atoms with Crippen LogP contribution < -0.4 is 0 Å². The van der Waals surface area contributed by atoms with Crippen molar-refractivity contribution in [2.75, 3.05) is 19.8 Å². The number of aliphatic hydroxyl groups excluding tert-OH is 8. The molecule has 0 bridgehead atoms. The van der Waals surface area contributed by atoms with Crippen LogP contribution in [-0.4, -0.2) is 157 Å². The van der Waals surface area contributed by atoms with Crippen molar-refractivity contribution in [3.8, 4) is 0 Å². The quantitative estimate of drug-likeness (QED) is 0.0318. The van der Waals surface area contributed by atoms with Crippen LogP contribution in [-0.2, 0) is 42.8 Å². The van der Waals surface area contributed by atoms with Crippen molar-refractivity contribution < 1.29 is 88.8 Å². The Morgan fingerprint density at radius 2 is 1.44 bits per heavy atom. The first-order valence-corrected chi connectivity index (χ1v) is 25.7. The van der Waals surface area contributed by atoms with Gasteiger partial charge >= 0.3 is 17.9 Å². The molecule has 408 valence electrons. The molecule has 10 unspecified atom stereocenters. The summed E-state index contributed by atoms with van der Waals surface area (Å²) in [6.07, 6.45) is -5.67. The lowest BCUT2D eigenvalue weighted by atomic mass is 9.33. The minimum absolute atomic E-state index is 0.00858. The predicted molar refractivity (Wildman–Crippen MR) is 260 cm³/mol. The summed E-state index contributed by atoms with van der Waals surface area (Å²) < 4.78 is 37.3. The maximum Gasteiger partial charge on any atom is 0.333 e. The lowest BCUT2D eigenvalue weighted by Gasteiger charge is -2.72. The molecular formula is C54H84O18. The van der Waals surface area contributed by atoms with Gasteiger partial charge in [0.25, 0.3) is 0 Å². The Balaban J connectivity index is 1.37. The van der Waals surface area contributed by atoms with Gasteiger partial charge in [-0.3, -0.25) is 0 Å². The van der Waals surface area contributed by atoms with Crippen molar-refractivity contribution in [3.63, 3.8) is 0 Å². The van der Waals surface area contributed by atoms with Gasteiger partial charge in [-0.05, 0) is 126 Å². The number of carbonyl (C=O) groups excluding carboxylic acids is 2. The molecule has 6 rings (SSSR count). The normalized spacial score (nSPS) is 43.2. The van der Waals surface area contributed by atoms with Crippen LogP contribution in [0.3, 0.4) is 0 Å². The topological polar surface area (TPSA) is 289 Å². The second kappa shape index (κ2) is 21.8. The third-order valence-electron chi connectivity index (χ3n) is 19.3. The number of carboxylic acids is 1. The third-order valence-corrected chi connectivity index (χ3v) is 19.3. The van der Waals surface area contributed by atoms with Crippen LogP contribution >= 0.6 is 0 Å². The molecular weight excluding hydrogens is 937 g/mol. The van der Waals surface area contributed by atoms with E-state index in [-0.39, 0.29) is 31.3 Å². The molecule has 5 fully saturated rings. The van der Waals surface area contributed by atoms with Crippen LogP contribution in [0.4, 0.5) is 0 Å². The predicted octanol–water partition coefficient (Wildman–Crippen LogP) is 4.55. The molecule has 0 amide bonds. The fourth-order valence-electron chi connectivity index (χ4n) is 14.5. The Labute approximate surface area is 424 Å². The summed E-state index contributed by atoms with van der Waals surface area (Å²) in [6.45, 7) is 19.1. The average molecular weight is 1020 g/mol. The van der Waals surface area contributed by atoms with Gasteiger partial charge in [0.05, 0.1) is 43.7 Å². The van der Waals surface area contributed by atoms with Gasteiger partial charge in [0, 0.05) is 22.0 Å². The lowest BCUT2D eigenvalue weighted by Crippen LogP contribution is -2.72. The Morgan fingerprint density at radius 1 is 0.819 bits per heavy atom. The van der Waals surface area contributed by atoms with E-state index in [1.54, 1.807) is 39.8 Å². The molecule has 72 heavy (non-hydrogen) atoms. The summed E-state index contributed by atoms with van der Waals surface area (Å²) in [4.78, 5) is 39.6. The minimum atomic E-state index is -1.81. The number of hydrogen-bond donors (Lipinski definition) is 9. The van der Waals surface area contributed by atoms with Crippen LogP contribution in [0, 0.1) is 50.2 Å². The molecule has 1 heterocycles. The molecule has 0 aromatic heterocycles. The molecule has 18 nitrogen and oxygen atoms in total. The van der Waals surface area contributed by atoms with E-state index in [4.69, 9.17) is 28.4 Å². The van der Waals surface area contributed by atoms with Crippen LogP contribution in [0.2, 0.25) is 0 Å². The van der Waals surface area contributed by atoms with E-state index in [0.29, 0.717) is 49.7 Å². The lowest BCUT2D eigenvalue weighted by molar-refractivity contribution is -0.344. The number of aliphatic hydroxyl groups is 8. The minimum Gasteiger partial charge on any atom is -0.516 e. The zero-order valence-corrected chi connectivity index (χ0v) is 44.0. The van der Waals surface area contributed by atoms with Gasteiger partial charge in [-0.1, -0.05) is 65.3 Å². The van der Waals surface area contributed by atoms with Gasteiger partial charge in [-0.25, -0.2) is 14.4 Å². The zero-order chi connectivity index (χ0) is 53.7. The summed E-state index contributed by atoms with van der Waals surface area (Å²) in [5.74, 6) is -3.17. The van der Waals surface area contributed by atoms with E-state index < -0.39 is 143 Å². The van der Waals surface area contributed by atoms with E-state index in [0.717, 1.165) is 11.8 Å². The molecule has 9 N–H and O–H groups in total. The second-order valence-electron chi connectivity index (χ2n) is 23.4. The number of carbonyl (C=O) groups is 3. The van der Waals surface area contributed by atoms with Crippen molar-refractivity contribution >= 4 is 17.9 Å². The number of allylic oxidation sites excluding steroid dienone is 4. The summed E-state index contributed by atoms with van der Waals surface area (Å²) in [6, 6.07) is 0. The summed E-state index contributed by atoms with van der Waals surface area (Å²) in [5, 5.41) is 97.8. The highest BCUT2D eigenvalue weighted by atomic mass is 16.7. The first-order chi connectivity index (χ1) is 33.7. The van der Waals surface area contributed by atoms with Crippen molar-refractivity contribution in [3.05, 3.63) is 47.3 Å². The average Bonchev–Trinajstić information content (AvgIpc) is 3.33. The SMILES string of the molecule is C/C=C(/C)C(=O)O[C@H]1[C@H](OC(=O)/C(C)=C\C)[C@@]2(CO)C(CC1(C)C)C1=CCC3[C@@]4(C)CC[C@H](OC(OC(C)C(=O)O)[C@H](C/C=C\O)OC5OC(CO)C(O)C(O)C5O)[C@](C)(CO)C4CC[C@@]3(C)[C@]1(C)C[C@H]2O. The summed E-state index contributed by atoms with van der Waals surface area (Å²) in [7, 11) is 0. The highest BCUT2D eigenvalue weighted by Gasteiger charge is 2.74. The van der Waals surface area contributed by atoms with Gasteiger partial charge in [-0.2, -0.15) is 0 Å². The van der Waals surface area contributed by atoms with Gasteiger partial charge in [0.15, 0.2) is 24.8 Å². The third kappa shape index (κ3) is 9.66. The highest BCUT2D eigenvalue weighted by Crippen LogP contribution is 2.76. The van der Waals surface area contributed by atoms with Crippen LogP contribution in [0.1, 0.15) is 128 Å². The zero-order valence-electron chi connectivity index (χ0n) is 44.0. The Kier molecular flexibility index (Phi) is 17.5. The van der Waals surface area contributed by atoms with Crippen molar-refractivity contribution in [1.29, 1.82) is 0 Å². The van der Waals surface area contributed by atoms with Gasteiger partial charge < -0.3 is 74.4 Å². The Morgan fingerprint density at radius 3 is 2.00 bits per heavy atom. The molecule has 6 aliphatic rings. The largest absolute Gasteiger partial charge is 0.516 e. The van der Waals surface area contributed by atoms with Crippen LogP contribution in [0.25, 0.3) is 0 Å². The van der Waals surface area contributed by atoms with E-state index in [1.807, 2.05) is 20.8 Å². The summed E-state index contributed by atoms with van der Waals surface area (Å²) >= 11 is 0. The standard InChI is InChI=1S/C54H84O18/c1-12-28(3)45(65)71-42-43(72-46(66)29(4)13-2)54(27-58)32(23-49(42,6)7)31-16-17-36-50(8)20-19-38(51(9,26-57)35(50)18-21-52(36,10)53(31,11)24-37(54)59)70-47(67-30(5)44(63)64)33(15-14-22-55)68-48-41(62)40(61)39(60)34(25-56)69-48/h12-14,16,22,30,32-43,47-48,55-62H,15,17-21,23-27H2,1-11H3,(H,63,64)/b22-14-,28-12-,29-13-/t30?,32?,33-,34?,35?,36?,37+,38-,39?,40?,41?,42-,43-,47?,48?,50-,51+,52+,53+,54-/m0/s1. The number of ether oxygens (including phenoxy) is 6. The van der Waals surface area contributed by atoms with Crippen LogP contribution in [0.15, 0.2) is 47.3 Å². The monoisotopic (exact) mass is 1020 g/mol. The van der Waals surface area contributed by atoms with E-state index >= 15 is 0 Å². The van der Waals surface area contributed by atoms with E-state index in [1.165, 1.54) is 13.0 Å². The van der Waals surface area contributed by atoms with Crippen molar-refractivity contribution in [2.24, 2.45) is 50.2 Å². The number of carboxylic acid groups (broad SMARTS) is 1. The molecule has 20 atom stereocenters. The maximum atomic E-state index is 13.8. The summed E-state index contributed by atoms with van der Waals surface area (Å²) in [5.41, 5.74) is -2.91. The molecule has 4 saturated carbocycles. The van der Waals surface area contributed by atoms with E-state index in [2.05, 4.69) is 26.8 Å². The molecule has 1 saturated heterocycles. The number of rotatable bonds is 17. The molecule has 0 aromatic rings. The Bertz CT molecular complexity index is 2100. The van der Waals surface area contributed by atoms with Crippen molar-refractivity contribution in [2.45, 2.75) is 201 Å². The van der Waals surface area contributed by atoms with Crippen molar-refractivity contribution in [1.82, 2.24) is 0 Å². The fraction of sp³-hybridized carbons (Fsp3) is 0.796. The molecule has 0 radical (unpaired) electrons. The smallest absolute Gasteiger partial charge is 0.333 e. The number of hydrogen-bond acceptors (Lipinski definition) is 17. The number of fused-ring (bicyclic) bond motifs is 7. The van der Waals surface area contributed by atoms with E-state index in [9.17, 15) is 60.3 Å². The van der Waals surface area contributed by atoms with Crippen LogP contribution in [0.5, 0.6) is 0 Å². The van der Waals surface area contributed by atoms with Gasteiger partial charge in [0.1, 0.15) is 36.6 Å². The first-order valence-electron chi connectivity index (χ1n) is 25.7. The maximum absolute atomic E-state index is 13.8. The first kappa shape index (κ1) is 58.0. The van der Waals surface area contributed by atoms with Gasteiger partial charge in [-0.15, -0.1) is 0 Å². The molecule has 0 spiro atoms. The van der Waals surface area contributed by atoms with Gasteiger partial charge in [0.2, 0.25) is 0 Å². The molecule has 18 heteroatoms. The Hall–Kier alpha value is -3.27. The number of aliphatic carboxylic acids is 1.